The van der Waals surface area contributed by atoms with Crippen molar-refractivity contribution in [3.8, 4) is 0 Å². The Morgan fingerprint density at radius 1 is 1.26 bits per heavy atom. The Bertz CT molecular complexity index is 686. The summed E-state index contributed by atoms with van der Waals surface area (Å²) in [5.74, 6) is 0.866. The van der Waals surface area contributed by atoms with Gasteiger partial charge in [0, 0.05) is 18.8 Å². The first kappa shape index (κ1) is 15.2. The summed E-state index contributed by atoms with van der Waals surface area (Å²) < 4.78 is 4.73. The second-order valence-corrected chi connectivity index (χ2v) is 5.39. The Morgan fingerprint density at radius 3 is 2.87 bits per heavy atom. The number of anilines is 3. The van der Waals surface area contributed by atoms with Crippen LogP contribution in [0.15, 0.2) is 30.5 Å². The van der Waals surface area contributed by atoms with E-state index >= 15 is 0 Å². The van der Waals surface area contributed by atoms with E-state index in [9.17, 15) is 4.79 Å². The van der Waals surface area contributed by atoms with Crippen LogP contribution in [0.25, 0.3) is 0 Å². The quantitative estimate of drug-likeness (QED) is 0.868. The van der Waals surface area contributed by atoms with Gasteiger partial charge < -0.3 is 15.0 Å². The number of methoxy groups -OCH3 is 1. The van der Waals surface area contributed by atoms with Crippen molar-refractivity contribution in [3.63, 3.8) is 0 Å². The molecule has 120 valence electrons. The number of rotatable bonds is 4. The molecule has 1 saturated heterocycles. The summed E-state index contributed by atoms with van der Waals surface area (Å²) in [4.78, 5) is 18.2. The minimum absolute atomic E-state index is 0.372. The monoisotopic (exact) mass is 313 g/mol. The van der Waals surface area contributed by atoms with Gasteiger partial charge in [-0.15, -0.1) is 5.10 Å². The van der Waals surface area contributed by atoms with E-state index in [0.29, 0.717) is 17.3 Å². The molecule has 1 aliphatic heterocycles. The average molecular weight is 313 g/mol. The van der Waals surface area contributed by atoms with Gasteiger partial charge in [-0.3, -0.25) is 0 Å². The van der Waals surface area contributed by atoms with Crippen LogP contribution in [-0.2, 0) is 4.74 Å². The molecule has 1 N–H and O–H groups in total. The van der Waals surface area contributed by atoms with Gasteiger partial charge in [-0.05, 0) is 37.5 Å². The van der Waals surface area contributed by atoms with Crippen LogP contribution in [-0.4, -0.2) is 41.3 Å². The van der Waals surface area contributed by atoms with Crippen LogP contribution < -0.4 is 10.2 Å². The summed E-state index contributed by atoms with van der Waals surface area (Å²) in [6.45, 7) is 1.92. The highest BCUT2D eigenvalue weighted by atomic mass is 16.5. The van der Waals surface area contributed by atoms with Gasteiger partial charge in [-0.2, -0.15) is 10.1 Å². The Morgan fingerprint density at radius 2 is 2.09 bits per heavy atom. The molecule has 0 amide bonds. The number of hydrogen-bond acceptors (Lipinski definition) is 7. The fourth-order valence-electron chi connectivity index (χ4n) is 2.57. The largest absolute Gasteiger partial charge is 0.465 e. The molecule has 0 aliphatic carbocycles. The molecule has 2 heterocycles. The Hall–Kier alpha value is -2.70. The number of hydrogen-bond donors (Lipinski definition) is 1. The molecule has 0 spiro atoms. The SMILES string of the molecule is COC(=O)c1cccc(Nc2cnnc(N3CCCCC3)n2)c1. The zero-order chi connectivity index (χ0) is 16.1. The Balaban J connectivity index is 1.76. The molecule has 1 fully saturated rings. The number of aromatic nitrogens is 3. The van der Waals surface area contributed by atoms with E-state index in [-0.39, 0.29) is 5.97 Å². The number of nitrogens with one attached hydrogen (secondary N) is 1. The molecule has 0 radical (unpaired) electrons. The van der Waals surface area contributed by atoms with Crippen LogP contribution in [0, 0.1) is 0 Å². The third-order valence-corrected chi connectivity index (χ3v) is 3.74. The van der Waals surface area contributed by atoms with E-state index < -0.39 is 0 Å². The fraction of sp³-hybridized carbons (Fsp3) is 0.375. The molecule has 0 bridgehead atoms. The van der Waals surface area contributed by atoms with Crippen molar-refractivity contribution in [1.29, 1.82) is 0 Å². The molecule has 1 aromatic heterocycles. The van der Waals surface area contributed by atoms with Gasteiger partial charge in [0.1, 0.15) is 0 Å². The molecule has 3 rings (SSSR count). The van der Waals surface area contributed by atoms with Gasteiger partial charge in [0.2, 0.25) is 5.95 Å². The number of benzene rings is 1. The highest BCUT2D eigenvalue weighted by molar-refractivity contribution is 5.90. The zero-order valence-electron chi connectivity index (χ0n) is 13.0. The number of esters is 1. The fourth-order valence-corrected chi connectivity index (χ4v) is 2.57. The molecular weight excluding hydrogens is 294 g/mol. The lowest BCUT2D eigenvalue weighted by Crippen LogP contribution is -2.31. The molecular formula is C16H19N5O2. The molecule has 1 aliphatic rings. The lowest BCUT2D eigenvalue weighted by Gasteiger charge is -2.26. The third kappa shape index (κ3) is 3.74. The second-order valence-electron chi connectivity index (χ2n) is 5.39. The lowest BCUT2D eigenvalue weighted by molar-refractivity contribution is 0.0601. The van der Waals surface area contributed by atoms with E-state index in [2.05, 4.69) is 25.4 Å². The maximum absolute atomic E-state index is 11.6. The van der Waals surface area contributed by atoms with Gasteiger partial charge in [0.15, 0.2) is 5.82 Å². The van der Waals surface area contributed by atoms with Crippen molar-refractivity contribution < 1.29 is 9.53 Å². The van der Waals surface area contributed by atoms with Crippen molar-refractivity contribution in [2.24, 2.45) is 0 Å². The topological polar surface area (TPSA) is 80.2 Å². The Kier molecular flexibility index (Phi) is 4.65. The summed E-state index contributed by atoms with van der Waals surface area (Å²) in [6, 6.07) is 7.06. The maximum Gasteiger partial charge on any atom is 0.337 e. The van der Waals surface area contributed by atoms with E-state index in [1.807, 2.05) is 6.07 Å². The van der Waals surface area contributed by atoms with Gasteiger partial charge in [-0.1, -0.05) is 6.07 Å². The van der Waals surface area contributed by atoms with Crippen LogP contribution >= 0.6 is 0 Å². The van der Waals surface area contributed by atoms with Crippen LogP contribution in [0.1, 0.15) is 29.6 Å². The first-order chi connectivity index (χ1) is 11.3. The van der Waals surface area contributed by atoms with Crippen LogP contribution in [0.5, 0.6) is 0 Å². The maximum atomic E-state index is 11.6. The smallest absolute Gasteiger partial charge is 0.337 e. The van der Waals surface area contributed by atoms with Crippen LogP contribution in [0.4, 0.5) is 17.5 Å². The van der Waals surface area contributed by atoms with Crippen molar-refractivity contribution in [3.05, 3.63) is 36.0 Å². The average Bonchev–Trinajstić information content (AvgIpc) is 2.62. The summed E-state index contributed by atoms with van der Waals surface area (Å²) >= 11 is 0. The molecule has 0 saturated carbocycles. The molecule has 7 nitrogen and oxygen atoms in total. The normalized spacial score (nSPS) is 14.4. The highest BCUT2D eigenvalue weighted by Gasteiger charge is 2.14. The minimum atomic E-state index is -0.372. The lowest BCUT2D eigenvalue weighted by atomic mass is 10.1. The summed E-state index contributed by atoms with van der Waals surface area (Å²) in [5, 5.41) is 11.3. The van der Waals surface area contributed by atoms with E-state index in [4.69, 9.17) is 4.74 Å². The third-order valence-electron chi connectivity index (χ3n) is 3.74. The standard InChI is InChI=1S/C16H19N5O2/c1-23-15(22)12-6-5-7-13(10-12)18-14-11-17-20-16(19-14)21-8-3-2-4-9-21/h5-7,10-11H,2-4,8-9H2,1H3,(H,18,19,20). The summed E-state index contributed by atoms with van der Waals surface area (Å²) in [6.07, 6.45) is 5.13. The first-order valence-corrected chi connectivity index (χ1v) is 7.66. The molecule has 0 unspecified atom stereocenters. The highest BCUT2D eigenvalue weighted by Crippen LogP contribution is 2.19. The van der Waals surface area contributed by atoms with Gasteiger partial charge in [0.25, 0.3) is 0 Å². The molecule has 1 aromatic carbocycles. The number of piperidine rings is 1. The Labute approximate surface area is 134 Å². The van der Waals surface area contributed by atoms with E-state index in [1.165, 1.54) is 13.5 Å². The van der Waals surface area contributed by atoms with Crippen LogP contribution in [0.3, 0.4) is 0 Å². The number of carbonyl (C=O) groups is 1. The molecule has 0 atom stereocenters. The van der Waals surface area contributed by atoms with Crippen molar-refractivity contribution in [2.75, 3.05) is 30.4 Å². The molecule has 7 heteroatoms. The summed E-state index contributed by atoms with van der Waals surface area (Å²) in [7, 11) is 1.36. The van der Waals surface area contributed by atoms with Crippen molar-refractivity contribution >= 4 is 23.4 Å². The number of ether oxygens (including phenoxy) is 1. The van der Waals surface area contributed by atoms with Crippen LogP contribution in [0.2, 0.25) is 0 Å². The van der Waals surface area contributed by atoms with Gasteiger partial charge in [-0.25, -0.2) is 4.79 Å². The number of nitrogens with zero attached hydrogens (tertiary/aromatic N) is 4. The second kappa shape index (κ2) is 7.04. The van der Waals surface area contributed by atoms with Crippen molar-refractivity contribution in [1.82, 2.24) is 15.2 Å². The van der Waals surface area contributed by atoms with Gasteiger partial charge in [0.05, 0.1) is 18.9 Å². The molecule has 2 aromatic rings. The first-order valence-electron chi connectivity index (χ1n) is 7.66. The number of carbonyl (C=O) groups excluding carboxylic acids is 1. The summed E-state index contributed by atoms with van der Waals surface area (Å²) in [5.41, 5.74) is 1.23. The van der Waals surface area contributed by atoms with E-state index in [1.54, 1.807) is 24.4 Å². The van der Waals surface area contributed by atoms with Gasteiger partial charge >= 0.3 is 5.97 Å². The van der Waals surface area contributed by atoms with Crippen molar-refractivity contribution in [2.45, 2.75) is 19.3 Å². The molecule has 23 heavy (non-hydrogen) atoms. The zero-order valence-corrected chi connectivity index (χ0v) is 13.0. The predicted octanol–water partition coefficient (Wildman–Crippen LogP) is 2.39. The minimum Gasteiger partial charge on any atom is -0.465 e. The van der Waals surface area contributed by atoms with E-state index in [0.717, 1.165) is 31.6 Å². The predicted molar refractivity (Wildman–Crippen MR) is 87.0 cm³/mol.